The summed E-state index contributed by atoms with van der Waals surface area (Å²) in [5, 5.41) is 31.3. The first kappa shape index (κ1) is 19.0. The van der Waals surface area contributed by atoms with Crippen LogP contribution in [0.25, 0.3) is 0 Å². The number of carbonyl (C=O) groups is 3. The molecular formula is C15H18BiO6-3. The standard InChI is InChI=1S/C15H21O6.Bi/c16-13(17)9-3-1-6-12(8-5-11-15(20)21)7-2-4-10-14(18)19;/h1-5,8-11H2,(H,16,17)(H,18,19)(H,20,21);/p-3. The zero-order valence-corrected chi connectivity index (χ0v) is 15.7. The van der Waals surface area contributed by atoms with Crippen LogP contribution in [0.5, 0.6) is 0 Å². The van der Waals surface area contributed by atoms with Crippen LogP contribution in [0.2, 0.25) is 0 Å². The Labute approximate surface area is 140 Å². The minimum atomic E-state index is -1.07. The van der Waals surface area contributed by atoms with Gasteiger partial charge in [0.15, 0.2) is 0 Å². The van der Waals surface area contributed by atoms with Gasteiger partial charge in [-0.15, -0.1) is 0 Å². The number of carbonyl (C=O) groups excluding carboxylic acids is 3. The first-order valence-electron chi connectivity index (χ1n) is 7.29. The Bertz CT molecular complexity index is 506. The van der Waals surface area contributed by atoms with E-state index in [0.29, 0.717) is 25.7 Å². The third-order valence-electron chi connectivity index (χ3n) is 3.36. The summed E-state index contributed by atoms with van der Waals surface area (Å²) in [5.41, 5.74) is 1.18. The molecule has 0 unspecified atom stereocenters. The van der Waals surface area contributed by atoms with Crippen molar-refractivity contribution in [2.24, 2.45) is 0 Å². The summed E-state index contributed by atoms with van der Waals surface area (Å²) < 4.78 is 2.67. The summed E-state index contributed by atoms with van der Waals surface area (Å²) in [5.74, 6) is -3.18. The molecule has 0 bridgehead atoms. The Kier molecular flexibility index (Phi) is 8.46. The molecule has 6 nitrogen and oxygen atoms in total. The van der Waals surface area contributed by atoms with Gasteiger partial charge in [0.25, 0.3) is 0 Å². The molecule has 0 N–H and O–H groups in total. The number of aliphatic carboxylic acids is 3. The van der Waals surface area contributed by atoms with Crippen LogP contribution >= 0.6 is 0 Å². The third kappa shape index (κ3) is 7.25. The fourth-order valence-corrected chi connectivity index (χ4v) is 8.00. The van der Waals surface area contributed by atoms with Crippen LogP contribution in [-0.4, -0.2) is 43.9 Å². The van der Waals surface area contributed by atoms with E-state index in [1.54, 1.807) is 0 Å². The summed E-state index contributed by atoms with van der Waals surface area (Å²) in [7, 11) is 0. The molecule has 1 heterocycles. The molecule has 0 amide bonds. The van der Waals surface area contributed by atoms with E-state index < -0.39 is 40.7 Å². The van der Waals surface area contributed by atoms with Crippen molar-refractivity contribution in [2.45, 2.75) is 57.8 Å². The summed E-state index contributed by atoms with van der Waals surface area (Å²) in [6, 6.07) is 0. The van der Waals surface area contributed by atoms with Crippen LogP contribution in [0.15, 0.2) is 8.85 Å². The van der Waals surface area contributed by atoms with E-state index in [-0.39, 0.29) is 19.3 Å². The molecule has 0 aliphatic carbocycles. The van der Waals surface area contributed by atoms with E-state index in [4.69, 9.17) is 0 Å². The normalized spacial score (nSPS) is 13.5. The molecule has 0 aromatic heterocycles. The first-order valence-corrected chi connectivity index (χ1v) is 10.8. The second-order valence-electron chi connectivity index (χ2n) is 5.16. The number of carboxylic acid groups (broad SMARTS) is 3. The molecule has 1 aliphatic heterocycles. The quantitative estimate of drug-likeness (QED) is 0.281. The average Bonchev–Trinajstić information content (AvgIpc) is 2.39. The molecule has 7 heteroatoms. The van der Waals surface area contributed by atoms with E-state index in [1.807, 2.05) is 0 Å². The second-order valence-corrected chi connectivity index (χ2v) is 10.2. The van der Waals surface area contributed by atoms with Gasteiger partial charge < -0.3 is 0 Å². The van der Waals surface area contributed by atoms with Crippen molar-refractivity contribution in [3.05, 3.63) is 8.85 Å². The van der Waals surface area contributed by atoms with Gasteiger partial charge >= 0.3 is 140 Å². The minimum absolute atomic E-state index is 0.00831. The number of allylic oxidation sites excluding steroid dienone is 2. The van der Waals surface area contributed by atoms with Crippen molar-refractivity contribution in [2.75, 3.05) is 0 Å². The van der Waals surface area contributed by atoms with Crippen LogP contribution in [0, 0.1) is 0 Å². The van der Waals surface area contributed by atoms with E-state index in [0.717, 1.165) is 12.8 Å². The molecule has 1 aliphatic rings. The van der Waals surface area contributed by atoms with Gasteiger partial charge in [-0.25, -0.2) is 0 Å². The van der Waals surface area contributed by atoms with E-state index in [1.165, 1.54) is 12.1 Å². The molecule has 22 heavy (non-hydrogen) atoms. The maximum absolute atomic E-state index is 10.5. The van der Waals surface area contributed by atoms with Crippen molar-refractivity contribution in [1.29, 1.82) is 0 Å². The van der Waals surface area contributed by atoms with Crippen LogP contribution < -0.4 is 15.3 Å². The molecule has 0 saturated carbocycles. The Morgan fingerprint density at radius 2 is 1.18 bits per heavy atom. The molecule has 0 spiro atoms. The van der Waals surface area contributed by atoms with Gasteiger partial charge in [-0.05, 0) is 0 Å². The van der Waals surface area contributed by atoms with Crippen LogP contribution in [-0.2, 0) is 14.4 Å². The zero-order valence-electron chi connectivity index (χ0n) is 12.3. The predicted octanol–water partition coefficient (Wildman–Crippen LogP) is -2.11. The molecule has 0 atom stereocenters. The molecule has 0 fully saturated rings. The molecular weight excluding hydrogens is 485 g/mol. The predicted molar refractivity (Wildman–Crippen MR) is 74.4 cm³/mol. The molecule has 0 aromatic rings. The number of hydrogen-bond donors (Lipinski definition) is 0. The monoisotopic (exact) mass is 503 g/mol. The fourth-order valence-electron chi connectivity index (χ4n) is 2.32. The molecule has 0 aromatic carbocycles. The van der Waals surface area contributed by atoms with Gasteiger partial charge in [0.2, 0.25) is 0 Å². The summed E-state index contributed by atoms with van der Waals surface area (Å²) in [6.45, 7) is 0. The zero-order chi connectivity index (χ0) is 16.5. The average molecular weight is 503 g/mol. The van der Waals surface area contributed by atoms with Crippen LogP contribution in [0.3, 0.4) is 0 Å². The molecule has 0 saturated heterocycles. The summed E-state index contributed by atoms with van der Waals surface area (Å²) in [6.07, 6.45) is 3.85. The number of hydrogen-bond acceptors (Lipinski definition) is 6. The van der Waals surface area contributed by atoms with Crippen molar-refractivity contribution in [3.63, 3.8) is 0 Å². The fraction of sp³-hybridized carbons (Fsp3) is 0.600. The summed E-state index contributed by atoms with van der Waals surface area (Å²) in [4.78, 5) is 31.3. The van der Waals surface area contributed by atoms with E-state index >= 15 is 0 Å². The van der Waals surface area contributed by atoms with Gasteiger partial charge in [0.1, 0.15) is 0 Å². The van der Waals surface area contributed by atoms with Gasteiger partial charge in [-0.2, -0.15) is 0 Å². The van der Waals surface area contributed by atoms with Crippen molar-refractivity contribution in [3.8, 4) is 0 Å². The van der Waals surface area contributed by atoms with Crippen LogP contribution in [0.1, 0.15) is 57.8 Å². The second kappa shape index (κ2) is 9.83. The topological polar surface area (TPSA) is 120 Å². The van der Waals surface area contributed by atoms with E-state index in [9.17, 15) is 29.7 Å². The van der Waals surface area contributed by atoms with Crippen molar-refractivity contribution in [1.82, 2.24) is 0 Å². The molecule has 122 valence electrons. The molecule has 1 rings (SSSR count). The SMILES string of the molecule is O=C([O-])CCC[C]1=[Bi][C](CCCC(=O)[O-])=C1CCCC(=O)[O-]. The number of rotatable bonds is 12. The number of carboxylic acids is 3. The van der Waals surface area contributed by atoms with Crippen molar-refractivity contribution >= 4 is 43.9 Å². The van der Waals surface area contributed by atoms with E-state index in [2.05, 4.69) is 0 Å². The Hall–Kier alpha value is -1.10. The third-order valence-corrected chi connectivity index (χ3v) is 9.30. The van der Waals surface area contributed by atoms with Gasteiger partial charge in [0.05, 0.1) is 0 Å². The first-order chi connectivity index (χ1) is 10.4. The Morgan fingerprint density at radius 1 is 0.727 bits per heavy atom. The Morgan fingerprint density at radius 3 is 1.68 bits per heavy atom. The maximum atomic E-state index is 10.5. The van der Waals surface area contributed by atoms with Gasteiger partial charge in [0, 0.05) is 0 Å². The van der Waals surface area contributed by atoms with Gasteiger partial charge in [-0.3, -0.25) is 0 Å². The molecule has 0 radical (unpaired) electrons. The van der Waals surface area contributed by atoms with Crippen LogP contribution in [0.4, 0.5) is 0 Å². The van der Waals surface area contributed by atoms with Crippen molar-refractivity contribution < 1.29 is 29.7 Å². The van der Waals surface area contributed by atoms with Gasteiger partial charge in [-0.1, -0.05) is 0 Å². The summed E-state index contributed by atoms with van der Waals surface area (Å²) >= 11 is -0.938. The Balaban J connectivity index is 2.48.